The second kappa shape index (κ2) is 8.94. The Kier molecular flexibility index (Phi) is 5.91. The van der Waals surface area contributed by atoms with E-state index in [0.29, 0.717) is 17.2 Å². The quantitative estimate of drug-likeness (QED) is 0.503. The van der Waals surface area contributed by atoms with Crippen LogP contribution in [-0.2, 0) is 16.4 Å². The lowest BCUT2D eigenvalue weighted by atomic mass is 9.73. The minimum Gasteiger partial charge on any atom is -0.481 e. The van der Waals surface area contributed by atoms with E-state index < -0.39 is 23.1 Å². The Morgan fingerprint density at radius 3 is 2.44 bits per heavy atom. The Bertz CT molecular complexity index is 1340. The number of benzene rings is 1. The van der Waals surface area contributed by atoms with Crippen molar-refractivity contribution in [3.05, 3.63) is 77.2 Å². The molecule has 1 saturated heterocycles. The lowest BCUT2D eigenvalue weighted by molar-refractivity contribution is -0.145. The third-order valence-corrected chi connectivity index (χ3v) is 7.21. The summed E-state index contributed by atoms with van der Waals surface area (Å²) in [6.07, 6.45) is 1.51. The van der Waals surface area contributed by atoms with Gasteiger partial charge in [0.2, 0.25) is 0 Å². The largest absolute Gasteiger partial charge is 0.481 e. The van der Waals surface area contributed by atoms with E-state index in [0.717, 1.165) is 41.9 Å². The lowest BCUT2D eigenvalue weighted by Gasteiger charge is -2.40. The molecule has 0 bridgehead atoms. The molecule has 184 valence electrons. The maximum absolute atomic E-state index is 13.1. The summed E-state index contributed by atoms with van der Waals surface area (Å²) in [4.78, 5) is 23.4. The number of alkyl halides is 3. The van der Waals surface area contributed by atoms with Gasteiger partial charge in [0.25, 0.3) is 0 Å². The predicted molar refractivity (Wildman–Crippen MR) is 126 cm³/mol. The van der Waals surface area contributed by atoms with Gasteiger partial charge < -0.3 is 10.0 Å². The van der Waals surface area contributed by atoms with Gasteiger partial charge in [-0.25, -0.2) is 0 Å². The highest BCUT2D eigenvalue weighted by Crippen LogP contribution is 2.43. The maximum Gasteiger partial charge on any atom is 0.416 e. The molecule has 1 aliphatic heterocycles. The molecule has 0 radical (unpaired) electrons. The molecule has 5 rings (SSSR count). The van der Waals surface area contributed by atoms with Crippen LogP contribution in [-0.4, -0.2) is 34.1 Å². The number of carbonyl (C=O) groups is 1. The van der Waals surface area contributed by atoms with Crippen LogP contribution in [0.5, 0.6) is 0 Å². The molecule has 3 aromatic rings. The number of carboxylic acids is 1. The van der Waals surface area contributed by atoms with Gasteiger partial charge >= 0.3 is 12.1 Å². The van der Waals surface area contributed by atoms with E-state index in [1.165, 1.54) is 6.07 Å². The van der Waals surface area contributed by atoms with Gasteiger partial charge in [-0.15, -0.1) is 0 Å². The smallest absolute Gasteiger partial charge is 0.416 e. The Morgan fingerprint density at radius 2 is 1.86 bits per heavy atom. The minimum absolute atomic E-state index is 0.0818. The van der Waals surface area contributed by atoms with Crippen LogP contribution < -0.4 is 4.90 Å². The fourth-order valence-corrected chi connectivity index (χ4v) is 4.99. The second-order valence-electron chi connectivity index (χ2n) is 9.36. The second-order valence-corrected chi connectivity index (χ2v) is 9.36. The highest BCUT2D eigenvalue weighted by Gasteiger charge is 2.44. The van der Waals surface area contributed by atoms with Gasteiger partial charge in [0, 0.05) is 37.0 Å². The molecule has 3 heterocycles. The fraction of sp³-hybridized carbons (Fsp3) is 0.333. The molecular formula is C27H23F3N4O2. The van der Waals surface area contributed by atoms with Crippen LogP contribution in [0.1, 0.15) is 54.0 Å². The molecule has 2 fully saturated rings. The highest BCUT2D eigenvalue weighted by atomic mass is 19.4. The number of aliphatic carboxylic acids is 1. The Hall–Kier alpha value is -3.93. The Morgan fingerprint density at radius 1 is 1.11 bits per heavy atom. The zero-order chi connectivity index (χ0) is 25.5. The fourth-order valence-electron chi connectivity index (χ4n) is 4.99. The number of nitriles is 1. The van der Waals surface area contributed by atoms with Crippen LogP contribution in [0.25, 0.3) is 11.3 Å². The molecular weight excluding hydrogens is 469 g/mol. The summed E-state index contributed by atoms with van der Waals surface area (Å²) < 4.78 is 39.2. The van der Waals surface area contributed by atoms with Crippen molar-refractivity contribution in [1.29, 1.82) is 5.26 Å². The van der Waals surface area contributed by atoms with E-state index >= 15 is 0 Å². The third kappa shape index (κ3) is 4.28. The average molecular weight is 493 g/mol. The molecule has 0 spiro atoms. The van der Waals surface area contributed by atoms with Gasteiger partial charge in [0.1, 0.15) is 6.07 Å². The molecule has 0 unspecified atom stereocenters. The van der Waals surface area contributed by atoms with Gasteiger partial charge in [0.15, 0.2) is 0 Å². The molecule has 1 saturated carbocycles. The van der Waals surface area contributed by atoms with Crippen LogP contribution in [0.15, 0.2) is 54.9 Å². The van der Waals surface area contributed by atoms with E-state index in [1.807, 2.05) is 24.3 Å². The number of hydrogen-bond donors (Lipinski definition) is 1. The zero-order valence-electron chi connectivity index (χ0n) is 19.3. The number of aromatic nitrogens is 2. The summed E-state index contributed by atoms with van der Waals surface area (Å²) in [6.45, 7) is 0.561. The topological polar surface area (TPSA) is 90.1 Å². The zero-order valence-corrected chi connectivity index (χ0v) is 19.3. The van der Waals surface area contributed by atoms with E-state index in [9.17, 15) is 28.3 Å². The van der Waals surface area contributed by atoms with E-state index in [4.69, 9.17) is 0 Å². The first kappa shape index (κ1) is 23.8. The number of piperidine rings is 1. The number of anilines is 1. The van der Waals surface area contributed by atoms with E-state index in [2.05, 4.69) is 9.97 Å². The summed E-state index contributed by atoms with van der Waals surface area (Å²) in [6, 6.07) is 12.4. The van der Waals surface area contributed by atoms with Crippen molar-refractivity contribution in [3.8, 4) is 17.3 Å². The van der Waals surface area contributed by atoms with Crippen molar-refractivity contribution in [1.82, 2.24) is 9.97 Å². The third-order valence-electron chi connectivity index (χ3n) is 7.21. The minimum atomic E-state index is -4.54. The number of nitrogens with zero attached hydrogens (tertiary/aromatic N) is 4. The van der Waals surface area contributed by atoms with Crippen LogP contribution in [0.4, 0.5) is 18.9 Å². The molecule has 0 amide bonds. The molecule has 2 aromatic heterocycles. The van der Waals surface area contributed by atoms with Crippen LogP contribution in [0.2, 0.25) is 0 Å². The van der Waals surface area contributed by atoms with Crippen molar-refractivity contribution in [2.45, 2.75) is 43.2 Å². The normalized spacial score (nSPS) is 17.4. The first-order valence-electron chi connectivity index (χ1n) is 11.7. The molecule has 1 N–H and O–H groups in total. The van der Waals surface area contributed by atoms with E-state index in [-0.39, 0.29) is 31.5 Å². The summed E-state index contributed by atoms with van der Waals surface area (Å²) in [5, 5.41) is 19.6. The molecule has 1 aliphatic carbocycles. The number of rotatable bonds is 5. The van der Waals surface area contributed by atoms with Crippen molar-refractivity contribution in [3.63, 3.8) is 0 Å². The van der Waals surface area contributed by atoms with Crippen LogP contribution in [0, 0.1) is 11.3 Å². The highest BCUT2D eigenvalue weighted by molar-refractivity contribution is 5.82. The first-order chi connectivity index (χ1) is 17.2. The van der Waals surface area contributed by atoms with Crippen molar-refractivity contribution in [2.75, 3.05) is 18.0 Å². The molecule has 1 aromatic carbocycles. The van der Waals surface area contributed by atoms with Gasteiger partial charge in [0.05, 0.1) is 33.6 Å². The number of pyridine rings is 2. The van der Waals surface area contributed by atoms with E-state index in [1.54, 1.807) is 23.4 Å². The van der Waals surface area contributed by atoms with Gasteiger partial charge in [-0.3, -0.25) is 14.8 Å². The molecule has 2 aliphatic rings. The molecule has 6 nitrogen and oxygen atoms in total. The van der Waals surface area contributed by atoms with Crippen LogP contribution in [0.3, 0.4) is 0 Å². The maximum atomic E-state index is 13.1. The van der Waals surface area contributed by atoms with Crippen LogP contribution >= 0.6 is 0 Å². The number of carboxylic acid groups (broad SMARTS) is 1. The lowest BCUT2D eigenvalue weighted by Crippen LogP contribution is -2.47. The molecule has 36 heavy (non-hydrogen) atoms. The summed E-state index contributed by atoms with van der Waals surface area (Å²) in [7, 11) is 0. The van der Waals surface area contributed by atoms with Gasteiger partial charge in [-0.2, -0.15) is 18.4 Å². The summed E-state index contributed by atoms with van der Waals surface area (Å²) >= 11 is 0. The average Bonchev–Trinajstić information content (AvgIpc) is 3.73. The first-order valence-corrected chi connectivity index (χ1v) is 11.7. The van der Waals surface area contributed by atoms with Crippen molar-refractivity contribution < 1.29 is 23.1 Å². The summed E-state index contributed by atoms with van der Waals surface area (Å²) in [5.41, 5.74) is 1.54. The SMILES string of the molecule is N#Cc1cc(C(F)(F)F)ccc1N1CCC(C(=O)O)(c2ccc(-c3cccnc3C3CC3)nc2)CC1. The molecule has 9 heteroatoms. The van der Waals surface area contributed by atoms with Crippen molar-refractivity contribution in [2.24, 2.45) is 0 Å². The van der Waals surface area contributed by atoms with Gasteiger partial charge in [-0.1, -0.05) is 6.07 Å². The Labute approximate surface area is 206 Å². The Balaban J connectivity index is 1.39. The standard InChI is InChI=1S/C27H23F3N4O2/c28-27(29,30)19-6-8-23(18(14-19)15-31)34-12-9-26(10-13-34,25(35)36)20-5-7-22(33-16-20)21-2-1-11-32-24(21)17-3-4-17/h1-2,5-8,11,14,16-17H,3-4,9-10,12-13H2,(H,35,36). The van der Waals surface area contributed by atoms with Gasteiger partial charge in [-0.05, 0) is 67.6 Å². The number of hydrogen-bond acceptors (Lipinski definition) is 5. The number of halogens is 3. The molecule has 0 atom stereocenters. The monoisotopic (exact) mass is 492 g/mol. The van der Waals surface area contributed by atoms with Crippen molar-refractivity contribution >= 4 is 11.7 Å². The predicted octanol–water partition coefficient (Wildman–Crippen LogP) is 5.53. The summed E-state index contributed by atoms with van der Waals surface area (Å²) in [5.74, 6) is -0.523.